The fourth-order valence-corrected chi connectivity index (χ4v) is 4.84. The molecular formula is C24H20F4N2O3S. The SMILES string of the molecule is CCS(=O)(=O)Cc1ccc2c(c1)-c1cn(C)c(=O)cc1CN=C2c1ccc(F)cc1C(F)(F)F. The van der Waals surface area contributed by atoms with Crippen LogP contribution < -0.4 is 5.56 Å². The molecule has 10 heteroatoms. The maximum atomic E-state index is 13.8. The van der Waals surface area contributed by atoms with E-state index in [2.05, 4.69) is 4.99 Å². The van der Waals surface area contributed by atoms with E-state index in [0.29, 0.717) is 33.9 Å². The molecule has 2 heterocycles. The van der Waals surface area contributed by atoms with E-state index in [-0.39, 0.29) is 34.9 Å². The van der Waals surface area contributed by atoms with E-state index in [0.717, 1.165) is 12.1 Å². The van der Waals surface area contributed by atoms with Gasteiger partial charge in [0, 0.05) is 41.8 Å². The lowest BCUT2D eigenvalue weighted by Crippen LogP contribution is -2.16. The van der Waals surface area contributed by atoms with Crippen molar-refractivity contribution in [2.24, 2.45) is 12.0 Å². The van der Waals surface area contributed by atoms with E-state index in [1.165, 1.54) is 29.7 Å². The average molecular weight is 492 g/mol. The first-order valence-corrected chi connectivity index (χ1v) is 12.2. The molecule has 0 fully saturated rings. The third-order valence-electron chi connectivity index (χ3n) is 5.72. The molecule has 0 bridgehead atoms. The number of nitrogens with zero attached hydrogens (tertiary/aromatic N) is 2. The number of aromatic nitrogens is 1. The number of pyridine rings is 1. The standard InChI is InChI=1S/C24H20F4N2O3S/c1-3-34(32,33)13-14-4-6-17-19(8-14)20-12-30(2)22(31)9-15(20)11-29-23(17)18-7-5-16(25)10-21(18)24(26,27)28/h4-10,12H,3,11,13H2,1-2H3. The second-order valence-corrected chi connectivity index (χ2v) is 10.4. The maximum absolute atomic E-state index is 13.8. The van der Waals surface area contributed by atoms with Gasteiger partial charge in [-0.15, -0.1) is 0 Å². The third-order valence-corrected chi connectivity index (χ3v) is 7.37. The Morgan fingerprint density at radius 1 is 1.00 bits per heavy atom. The van der Waals surface area contributed by atoms with Crippen molar-refractivity contribution in [2.45, 2.75) is 25.4 Å². The molecule has 0 N–H and O–H groups in total. The molecule has 0 amide bonds. The van der Waals surface area contributed by atoms with Gasteiger partial charge in [-0.05, 0) is 41.0 Å². The summed E-state index contributed by atoms with van der Waals surface area (Å²) in [7, 11) is -1.83. The topological polar surface area (TPSA) is 68.5 Å². The molecule has 1 aliphatic heterocycles. The van der Waals surface area contributed by atoms with Crippen LogP contribution >= 0.6 is 0 Å². The number of hydrogen-bond donors (Lipinski definition) is 0. The Morgan fingerprint density at radius 2 is 1.71 bits per heavy atom. The summed E-state index contributed by atoms with van der Waals surface area (Å²) < 4.78 is 80.8. The largest absolute Gasteiger partial charge is 0.417 e. The van der Waals surface area contributed by atoms with Crippen LogP contribution in [-0.4, -0.2) is 24.4 Å². The zero-order valence-corrected chi connectivity index (χ0v) is 19.1. The quantitative estimate of drug-likeness (QED) is 0.504. The van der Waals surface area contributed by atoms with Gasteiger partial charge in [0.1, 0.15) is 5.82 Å². The number of sulfone groups is 1. The molecule has 1 aromatic heterocycles. The van der Waals surface area contributed by atoms with E-state index >= 15 is 0 Å². The van der Waals surface area contributed by atoms with Gasteiger partial charge in [-0.2, -0.15) is 13.2 Å². The Balaban J connectivity index is 2.01. The van der Waals surface area contributed by atoms with Crippen LogP contribution in [0.2, 0.25) is 0 Å². The lowest BCUT2D eigenvalue weighted by Gasteiger charge is -2.17. The van der Waals surface area contributed by atoms with Crippen LogP contribution in [-0.2, 0) is 35.4 Å². The number of fused-ring (bicyclic) bond motifs is 3. The molecule has 5 nitrogen and oxygen atoms in total. The molecule has 3 aromatic rings. The minimum Gasteiger partial charge on any atom is -0.318 e. The van der Waals surface area contributed by atoms with Crippen molar-refractivity contribution < 1.29 is 26.0 Å². The first kappa shape index (κ1) is 23.9. The van der Waals surface area contributed by atoms with E-state index in [1.54, 1.807) is 19.3 Å². The molecule has 0 aliphatic carbocycles. The summed E-state index contributed by atoms with van der Waals surface area (Å²) in [5.74, 6) is -1.34. The van der Waals surface area contributed by atoms with Gasteiger partial charge in [-0.25, -0.2) is 12.8 Å². The van der Waals surface area contributed by atoms with Crippen LogP contribution in [0.3, 0.4) is 0 Å². The number of halogens is 4. The van der Waals surface area contributed by atoms with Gasteiger partial charge in [0.25, 0.3) is 5.56 Å². The summed E-state index contributed by atoms with van der Waals surface area (Å²) in [4.78, 5) is 16.6. The van der Waals surface area contributed by atoms with Crippen LogP contribution in [0.5, 0.6) is 0 Å². The number of hydrogen-bond acceptors (Lipinski definition) is 4. The van der Waals surface area contributed by atoms with Crippen LogP contribution in [0, 0.1) is 5.82 Å². The molecule has 178 valence electrons. The second-order valence-electron chi connectivity index (χ2n) is 8.07. The molecule has 2 aromatic carbocycles. The Hall–Kier alpha value is -3.27. The molecule has 0 saturated heterocycles. The maximum Gasteiger partial charge on any atom is 0.417 e. The van der Waals surface area contributed by atoms with Crippen LogP contribution in [0.15, 0.2) is 58.4 Å². The predicted molar refractivity (Wildman–Crippen MR) is 121 cm³/mol. The number of alkyl halides is 3. The number of aryl methyl sites for hydroxylation is 1. The summed E-state index contributed by atoms with van der Waals surface area (Å²) in [6.45, 7) is 1.45. The fraction of sp³-hybridized carbons (Fsp3) is 0.250. The minimum atomic E-state index is -4.83. The highest BCUT2D eigenvalue weighted by molar-refractivity contribution is 7.90. The fourth-order valence-electron chi connectivity index (χ4n) is 3.95. The van der Waals surface area contributed by atoms with E-state index < -0.39 is 27.4 Å². The molecule has 0 saturated carbocycles. The van der Waals surface area contributed by atoms with Gasteiger partial charge in [-0.1, -0.05) is 19.1 Å². The van der Waals surface area contributed by atoms with Crippen LogP contribution in [0.25, 0.3) is 11.1 Å². The summed E-state index contributed by atoms with van der Waals surface area (Å²) in [6, 6.07) is 8.41. The Kier molecular flexibility index (Phi) is 5.97. The zero-order chi connectivity index (χ0) is 24.8. The predicted octanol–water partition coefficient (Wildman–Crippen LogP) is 4.50. The molecule has 0 unspecified atom stereocenters. The molecule has 0 atom stereocenters. The lowest BCUT2D eigenvalue weighted by atomic mass is 9.90. The van der Waals surface area contributed by atoms with Gasteiger partial charge in [0.15, 0.2) is 9.84 Å². The molecule has 0 spiro atoms. The third kappa shape index (κ3) is 4.54. The van der Waals surface area contributed by atoms with E-state index in [1.807, 2.05) is 0 Å². The second kappa shape index (κ2) is 8.50. The van der Waals surface area contributed by atoms with Crippen molar-refractivity contribution in [3.63, 3.8) is 0 Å². The Morgan fingerprint density at radius 3 is 2.38 bits per heavy atom. The van der Waals surface area contributed by atoms with E-state index in [4.69, 9.17) is 0 Å². The number of benzene rings is 2. The van der Waals surface area contributed by atoms with Crippen molar-refractivity contribution in [3.05, 3.63) is 92.6 Å². The lowest BCUT2D eigenvalue weighted by molar-refractivity contribution is -0.137. The highest BCUT2D eigenvalue weighted by Crippen LogP contribution is 2.38. The molecule has 4 rings (SSSR count). The van der Waals surface area contributed by atoms with Crippen molar-refractivity contribution >= 4 is 15.5 Å². The first-order valence-electron chi connectivity index (χ1n) is 10.3. The Labute approximate surface area is 193 Å². The highest BCUT2D eigenvalue weighted by Gasteiger charge is 2.36. The molecular weight excluding hydrogens is 472 g/mol. The molecule has 0 radical (unpaired) electrons. The zero-order valence-electron chi connectivity index (χ0n) is 18.3. The van der Waals surface area contributed by atoms with Gasteiger partial charge in [0.2, 0.25) is 0 Å². The van der Waals surface area contributed by atoms with Gasteiger partial charge in [0.05, 0.1) is 23.6 Å². The summed E-state index contributed by atoms with van der Waals surface area (Å²) in [6.07, 6.45) is -3.27. The van der Waals surface area contributed by atoms with Crippen LogP contribution in [0.4, 0.5) is 17.6 Å². The van der Waals surface area contributed by atoms with Gasteiger partial charge in [-0.3, -0.25) is 9.79 Å². The van der Waals surface area contributed by atoms with Gasteiger partial charge >= 0.3 is 6.18 Å². The highest BCUT2D eigenvalue weighted by atomic mass is 32.2. The van der Waals surface area contributed by atoms with Crippen LogP contribution in [0.1, 0.15) is 34.7 Å². The normalized spacial score (nSPS) is 13.6. The summed E-state index contributed by atoms with van der Waals surface area (Å²) >= 11 is 0. The molecule has 34 heavy (non-hydrogen) atoms. The van der Waals surface area contributed by atoms with Gasteiger partial charge < -0.3 is 4.57 Å². The summed E-state index contributed by atoms with van der Waals surface area (Å²) in [5.41, 5.74) is 0.472. The monoisotopic (exact) mass is 492 g/mol. The average Bonchev–Trinajstić information content (AvgIpc) is 2.90. The van der Waals surface area contributed by atoms with Crippen molar-refractivity contribution in [1.82, 2.24) is 4.57 Å². The first-order chi connectivity index (χ1) is 15.9. The smallest absolute Gasteiger partial charge is 0.318 e. The minimum absolute atomic E-state index is 0.0153. The van der Waals surface area contributed by atoms with Crippen molar-refractivity contribution in [2.75, 3.05) is 5.75 Å². The van der Waals surface area contributed by atoms with Crippen molar-refractivity contribution in [3.8, 4) is 11.1 Å². The van der Waals surface area contributed by atoms with Crippen molar-refractivity contribution in [1.29, 1.82) is 0 Å². The summed E-state index contributed by atoms with van der Waals surface area (Å²) in [5, 5.41) is 0. The Bertz CT molecular complexity index is 1490. The number of aliphatic imine (C=N–C) groups is 1. The molecule has 1 aliphatic rings. The number of rotatable bonds is 4. The van der Waals surface area contributed by atoms with E-state index in [9.17, 15) is 30.8 Å².